The van der Waals surface area contributed by atoms with Gasteiger partial charge in [-0.3, -0.25) is 0 Å². The number of aromatic nitrogens is 2. The van der Waals surface area contributed by atoms with Crippen LogP contribution in [-0.4, -0.2) is 16.3 Å². The van der Waals surface area contributed by atoms with Crippen molar-refractivity contribution in [3.05, 3.63) is 41.1 Å². The number of ether oxygens (including phenoxy) is 1. The van der Waals surface area contributed by atoms with Gasteiger partial charge in [-0.15, -0.1) is 0 Å². The number of hydrogen-bond acceptors (Lipinski definition) is 3. The summed E-state index contributed by atoms with van der Waals surface area (Å²) < 4.78 is 33.8. The molecule has 2 rings (SSSR count). The van der Waals surface area contributed by atoms with Crippen molar-refractivity contribution in [1.29, 1.82) is 0 Å². The Morgan fingerprint density at radius 2 is 2.10 bits per heavy atom. The maximum Gasteiger partial charge on any atom is 0.222 e. The second-order valence-corrected chi connectivity index (χ2v) is 4.85. The number of benzene rings is 1. The van der Waals surface area contributed by atoms with E-state index in [2.05, 4.69) is 17.3 Å². The molecular formula is C15H19F2N3O. The fourth-order valence-electron chi connectivity index (χ4n) is 2.06. The highest BCUT2D eigenvalue weighted by Crippen LogP contribution is 2.29. The molecule has 0 bridgehead atoms. The van der Waals surface area contributed by atoms with Crippen LogP contribution in [-0.2, 0) is 13.6 Å². The lowest BCUT2D eigenvalue weighted by molar-refractivity contribution is 0.396. The van der Waals surface area contributed by atoms with Gasteiger partial charge in [0.15, 0.2) is 11.6 Å². The molecule has 0 radical (unpaired) electrons. The highest BCUT2D eigenvalue weighted by molar-refractivity contribution is 5.36. The number of aryl methyl sites for hydroxylation is 2. The van der Waals surface area contributed by atoms with E-state index < -0.39 is 11.6 Å². The van der Waals surface area contributed by atoms with Gasteiger partial charge in [0.1, 0.15) is 5.82 Å². The Kier molecular flexibility index (Phi) is 4.90. The van der Waals surface area contributed by atoms with E-state index in [9.17, 15) is 8.78 Å². The molecule has 0 aliphatic carbocycles. The van der Waals surface area contributed by atoms with Crippen molar-refractivity contribution in [3.63, 3.8) is 0 Å². The molecule has 1 N–H and O–H groups in total. The maximum atomic E-state index is 13.7. The summed E-state index contributed by atoms with van der Waals surface area (Å²) in [5.74, 6) is -0.926. The third-order valence-electron chi connectivity index (χ3n) is 3.12. The van der Waals surface area contributed by atoms with E-state index in [1.165, 1.54) is 6.07 Å². The van der Waals surface area contributed by atoms with Crippen molar-refractivity contribution >= 4 is 0 Å². The molecule has 2 aromatic rings. The number of rotatable bonds is 6. The highest BCUT2D eigenvalue weighted by atomic mass is 19.1. The molecule has 0 saturated heterocycles. The summed E-state index contributed by atoms with van der Waals surface area (Å²) in [6.07, 6.45) is 1.02. The van der Waals surface area contributed by atoms with Gasteiger partial charge in [0.05, 0.1) is 11.3 Å². The van der Waals surface area contributed by atoms with E-state index in [4.69, 9.17) is 4.74 Å². The Morgan fingerprint density at radius 1 is 1.33 bits per heavy atom. The molecule has 0 aliphatic rings. The molecule has 1 heterocycles. The predicted molar refractivity (Wildman–Crippen MR) is 76.4 cm³/mol. The molecule has 1 aromatic carbocycles. The van der Waals surface area contributed by atoms with Crippen LogP contribution in [0.1, 0.15) is 24.6 Å². The fraction of sp³-hybridized carbons (Fsp3) is 0.400. The van der Waals surface area contributed by atoms with Gasteiger partial charge in [-0.1, -0.05) is 6.92 Å². The molecule has 0 aliphatic heterocycles. The average molecular weight is 295 g/mol. The zero-order valence-corrected chi connectivity index (χ0v) is 12.4. The Morgan fingerprint density at radius 3 is 2.76 bits per heavy atom. The van der Waals surface area contributed by atoms with Crippen LogP contribution in [0.15, 0.2) is 18.2 Å². The van der Waals surface area contributed by atoms with Crippen molar-refractivity contribution in [3.8, 4) is 11.6 Å². The first-order chi connectivity index (χ1) is 10.0. The third kappa shape index (κ3) is 3.58. The van der Waals surface area contributed by atoms with Crippen LogP contribution in [0.3, 0.4) is 0 Å². The van der Waals surface area contributed by atoms with Crippen molar-refractivity contribution in [2.24, 2.45) is 7.05 Å². The second-order valence-electron chi connectivity index (χ2n) is 4.85. The first-order valence-corrected chi connectivity index (χ1v) is 6.89. The molecule has 0 spiro atoms. The number of hydrogen-bond donors (Lipinski definition) is 1. The molecule has 4 nitrogen and oxygen atoms in total. The Hall–Kier alpha value is -1.95. The molecule has 0 fully saturated rings. The fourth-order valence-corrected chi connectivity index (χ4v) is 2.06. The van der Waals surface area contributed by atoms with Gasteiger partial charge < -0.3 is 10.1 Å². The predicted octanol–water partition coefficient (Wildman–Crippen LogP) is 3.30. The quantitative estimate of drug-likeness (QED) is 0.831. The molecule has 6 heteroatoms. The Balaban J connectivity index is 2.26. The van der Waals surface area contributed by atoms with E-state index in [0.29, 0.717) is 12.4 Å². The van der Waals surface area contributed by atoms with Crippen LogP contribution >= 0.6 is 0 Å². The van der Waals surface area contributed by atoms with E-state index in [0.717, 1.165) is 36.4 Å². The van der Waals surface area contributed by atoms with E-state index in [1.54, 1.807) is 11.7 Å². The SMILES string of the molecule is CCCNCc1c(C)nn(C)c1Oc1ccc(F)cc1F. The summed E-state index contributed by atoms with van der Waals surface area (Å²) in [5, 5.41) is 7.56. The molecule has 0 saturated carbocycles. The maximum absolute atomic E-state index is 13.7. The summed E-state index contributed by atoms with van der Waals surface area (Å²) >= 11 is 0. The summed E-state index contributed by atoms with van der Waals surface area (Å²) in [6.45, 7) is 5.41. The minimum Gasteiger partial charge on any atom is -0.436 e. The minimum absolute atomic E-state index is 0.0175. The summed E-state index contributed by atoms with van der Waals surface area (Å²) in [6, 6.07) is 3.24. The molecule has 21 heavy (non-hydrogen) atoms. The van der Waals surface area contributed by atoms with Gasteiger partial charge in [-0.2, -0.15) is 5.10 Å². The number of nitrogens with zero attached hydrogens (tertiary/aromatic N) is 2. The first-order valence-electron chi connectivity index (χ1n) is 6.89. The molecule has 0 amide bonds. The zero-order chi connectivity index (χ0) is 15.4. The Bertz CT molecular complexity index is 626. The molecule has 0 unspecified atom stereocenters. The van der Waals surface area contributed by atoms with Gasteiger partial charge in [-0.05, 0) is 32.0 Å². The van der Waals surface area contributed by atoms with Crippen molar-refractivity contribution in [1.82, 2.24) is 15.1 Å². The lowest BCUT2D eigenvalue weighted by Crippen LogP contribution is -2.14. The summed E-state index contributed by atoms with van der Waals surface area (Å²) in [7, 11) is 1.73. The van der Waals surface area contributed by atoms with Gasteiger partial charge in [-0.25, -0.2) is 13.5 Å². The third-order valence-corrected chi connectivity index (χ3v) is 3.12. The second kappa shape index (κ2) is 6.67. The van der Waals surface area contributed by atoms with Gasteiger partial charge in [0.2, 0.25) is 5.88 Å². The number of halogens is 2. The average Bonchev–Trinajstić information content (AvgIpc) is 2.68. The monoisotopic (exact) mass is 295 g/mol. The Labute approximate surface area is 122 Å². The van der Waals surface area contributed by atoms with Crippen LogP contribution < -0.4 is 10.1 Å². The molecule has 114 valence electrons. The summed E-state index contributed by atoms with van der Waals surface area (Å²) in [4.78, 5) is 0. The smallest absolute Gasteiger partial charge is 0.222 e. The van der Waals surface area contributed by atoms with Crippen LogP contribution in [0.4, 0.5) is 8.78 Å². The largest absolute Gasteiger partial charge is 0.436 e. The van der Waals surface area contributed by atoms with Gasteiger partial charge in [0.25, 0.3) is 0 Å². The molecule has 0 atom stereocenters. The minimum atomic E-state index is -0.735. The normalized spacial score (nSPS) is 10.9. The van der Waals surface area contributed by atoms with E-state index in [1.807, 2.05) is 6.92 Å². The first kappa shape index (κ1) is 15.4. The van der Waals surface area contributed by atoms with Crippen molar-refractivity contribution in [2.45, 2.75) is 26.8 Å². The van der Waals surface area contributed by atoms with Crippen LogP contribution in [0.2, 0.25) is 0 Å². The topological polar surface area (TPSA) is 39.1 Å². The number of nitrogens with one attached hydrogen (secondary N) is 1. The van der Waals surface area contributed by atoms with E-state index >= 15 is 0 Å². The molecular weight excluding hydrogens is 276 g/mol. The lowest BCUT2D eigenvalue weighted by Gasteiger charge is -2.10. The van der Waals surface area contributed by atoms with Crippen molar-refractivity contribution < 1.29 is 13.5 Å². The van der Waals surface area contributed by atoms with Crippen molar-refractivity contribution in [2.75, 3.05) is 6.54 Å². The van der Waals surface area contributed by atoms with Crippen LogP contribution in [0.5, 0.6) is 11.6 Å². The van der Waals surface area contributed by atoms with Crippen LogP contribution in [0, 0.1) is 18.6 Å². The van der Waals surface area contributed by atoms with Gasteiger partial charge in [0, 0.05) is 19.7 Å². The van der Waals surface area contributed by atoms with Gasteiger partial charge >= 0.3 is 0 Å². The summed E-state index contributed by atoms with van der Waals surface area (Å²) in [5.41, 5.74) is 1.69. The standard InChI is InChI=1S/C15H19F2N3O/c1-4-7-18-9-12-10(2)19-20(3)15(12)21-14-6-5-11(16)8-13(14)17/h5-6,8,18H,4,7,9H2,1-3H3. The van der Waals surface area contributed by atoms with Crippen LogP contribution in [0.25, 0.3) is 0 Å². The lowest BCUT2D eigenvalue weighted by atomic mass is 10.2. The zero-order valence-electron chi connectivity index (χ0n) is 12.4. The highest BCUT2D eigenvalue weighted by Gasteiger charge is 2.17. The van der Waals surface area contributed by atoms with E-state index in [-0.39, 0.29) is 5.75 Å². The molecule has 1 aromatic heterocycles.